The maximum atomic E-state index is 6.08. The molecule has 18 heavy (non-hydrogen) atoms. The van der Waals surface area contributed by atoms with E-state index < -0.39 is 0 Å². The first-order chi connectivity index (χ1) is 8.34. The second kappa shape index (κ2) is 5.89. The van der Waals surface area contributed by atoms with Gasteiger partial charge in [0.05, 0.1) is 6.10 Å². The Labute approximate surface area is 109 Å². The second-order valence-electron chi connectivity index (χ2n) is 5.18. The van der Waals surface area contributed by atoms with Crippen LogP contribution in [0.25, 0.3) is 0 Å². The molecule has 0 aliphatic carbocycles. The van der Waals surface area contributed by atoms with E-state index in [2.05, 4.69) is 35.6 Å². The third-order valence-electron chi connectivity index (χ3n) is 3.08. The lowest BCUT2D eigenvalue weighted by molar-refractivity contribution is 0.234. The fourth-order valence-corrected chi connectivity index (χ4v) is 1.61. The molecule has 1 aromatic heterocycles. The van der Waals surface area contributed by atoms with Crippen LogP contribution in [0.1, 0.15) is 34.6 Å². The van der Waals surface area contributed by atoms with Crippen LogP contribution >= 0.6 is 0 Å². The van der Waals surface area contributed by atoms with E-state index in [-0.39, 0.29) is 6.10 Å². The van der Waals surface area contributed by atoms with E-state index in [4.69, 9.17) is 10.5 Å². The van der Waals surface area contributed by atoms with Crippen molar-refractivity contribution in [3.63, 3.8) is 0 Å². The van der Waals surface area contributed by atoms with Crippen molar-refractivity contribution in [2.45, 2.75) is 46.8 Å². The quantitative estimate of drug-likeness (QED) is 0.871. The molecule has 102 valence electrons. The fourth-order valence-electron chi connectivity index (χ4n) is 1.61. The molecule has 0 aromatic carbocycles. The van der Waals surface area contributed by atoms with Crippen LogP contribution in [-0.4, -0.2) is 29.2 Å². The van der Waals surface area contributed by atoms with Crippen LogP contribution in [0.4, 0.5) is 11.5 Å². The Hall–Kier alpha value is -1.52. The Morgan fingerprint density at radius 3 is 2.28 bits per heavy atom. The highest BCUT2D eigenvalue weighted by Crippen LogP contribution is 2.29. The molecule has 1 unspecified atom stereocenters. The Bertz CT molecular complexity index is 393. The van der Waals surface area contributed by atoms with Gasteiger partial charge in [0, 0.05) is 13.1 Å². The standard InChI is InChI=1S/C13H24N4O/c1-8(2)10(5)17(6)12-11(14)13(16-7-15-12)18-9(3)4/h7-10H,14H2,1-6H3. The Morgan fingerprint density at radius 2 is 1.78 bits per heavy atom. The number of anilines is 2. The van der Waals surface area contributed by atoms with E-state index in [1.165, 1.54) is 6.33 Å². The smallest absolute Gasteiger partial charge is 0.242 e. The lowest BCUT2D eigenvalue weighted by atomic mass is 10.1. The lowest BCUT2D eigenvalue weighted by Gasteiger charge is -2.30. The minimum atomic E-state index is 0.0443. The summed E-state index contributed by atoms with van der Waals surface area (Å²) in [7, 11) is 1.99. The Kier molecular flexibility index (Phi) is 4.76. The lowest BCUT2D eigenvalue weighted by Crippen LogP contribution is -2.34. The molecule has 0 bridgehead atoms. The van der Waals surface area contributed by atoms with Crippen LogP contribution in [0.2, 0.25) is 0 Å². The Morgan fingerprint density at radius 1 is 1.17 bits per heavy atom. The summed E-state index contributed by atoms with van der Waals surface area (Å²) in [6, 6.07) is 0.342. The van der Waals surface area contributed by atoms with Crippen molar-refractivity contribution >= 4 is 11.5 Å². The van der Waals surface area contributed by atoms with Crippen molar-refractivity contribution in [2.24, 2.45) is 5.92 Å². The summed E-state index contributed by atoms with van der Waals surface area (Å²) in [5.74, 6) is 1.69. The summed E-state index contributed by atoms with van der Waals surface area (Å²) in [4.78, 5) is 10.4. The second-order valence-corrected chi connectivity index (χ2v) is 5.18. The summed E-state index contributed by atoms with van der Waals surface area (Å²) >= 11 is 0. The van der Waals surface area contributed by atoms with Gasteiger partial charge in [0.15, 0.2) is 5.82 Å². The number of rotatable bonds is 5. The number of nitrogen functional groups attached to an aromatic ring is 1. The van der Waals surface area contributed by atoms with Crippen LogP contribution in [0.5, 0.6) is 5.88 Å². The van der Waals surface area contributed by atoms with E-state index in [1.54, 1.807) is 0 Å². The van der Waals surface area contributed by atoms with Gasteiger partial charge in [-0.3, -0.25) is 0 Å². The molecule has 0 aliphatic heterocycles. The Balaban J connectivity index is 3.03. The average Bonchev–Trinajstić information content (AvgIpc) is 2.29. The predicted molar refractivity (Wildman–Crippen MR) is 74.9 cm³/mol. The molecule has 0 saturated carbocycles. The number of nitrogens with two attached hydrogens (primary N) is 1. The molecule has 1 aromatic rings. The molecule has 1 atom stereocenters. The molecule has 0 radical (unpaired) electrons. The van der Waals surface area contributed by atoms with Crippen molar-refractivity contribution in [3.05, 3.63) is 6.33 Å². The van der Waals surface area contributed by atoms with Gasteiger partial charge in [-0.1, -0.05) is 13.8 Å². The highest BCUT2D eigenvalue weighted by atomic mass is 16.5. The molecule has 1 heterocycles. The number of nitrogens with zero attached hydrogens (tertiary/aromatic N) is 3. The van der Waals surface area contributed by atoms with E-state index in [0.717, 1.165) is 5.82 Å². The van der Waals surface area contributed by atoms with Crippen LogP contribution in [0, 0.1) is 5.92 Å². The third kappa shape index (κ3) is 3.24. The van der Waals surface area contributed by atoms with Crippen molar-refractivity contribution < 1.29 is 4.74 Å². The van der Waals surface area contributed by atoms with Gasteiger partial charge in [-0.05, 0) is 26.7 Å². The molecule has 5 nitrogen and oxygen atoms in total. The first-order valence-electron chi connectivity index (χ1n) is 6.34. The van der Waals surface area contributed by atoms with Gasteiger partial charge in [0.25, 0.3) is 0 Å². The van der Waals surface area contributed by atoms with Crippen molar-refractivity contribution in [3.8, 4) is 5.88 Å². The molecule has 0 fully saturated rings. The molecule has 0 saturated heterocycles. The van der Waals surface area contributed by atoms with Crippen molar-refractivity contribution in [1.82, 2.24) is 9.97 Å². The molecule has 2 N–H and O–H groups in total. The van der Waals surface area contributed by atoms with Crippen LogP contribution < -0.4 is 15.4 Å². The van der Waals surface area contributed by atoms with Crippen LogP contribution in [0.15, 0.2) is 6.33 Å². The first kappa shape index (κ1) is 14.5. The van der Waals surface area contributed by atoms with E-state index >= 15 is 0 Å². The fraction of sp³-hybridized carbons (Fsp3) is 0.692. The topological polar surface area (TPSA) is 64.3 Å². The van der Waals surface area contributed by atoms with Gasteiger partial charge < -0.3 is 15.4 Å². The van der Waals surface area contributed by atoms with E-state index in [1.807, 2.05) is 20.9 Å². The number of ether oxygens (including phenoxy) is 1. The highest BCUT2D eigenvalue weighted by molar-refractivity contribution is 5.67. The maximum absolute atomic E-state index is 6.08. The number of aromatic nitrogens is 2. The predicted octanol–water partition coefficient (Wildman–Crippen LogP) is 2.33. The molecular formula is C13H24N4O. The zero-order valence-electron chi connectivity index (χ0n) is 12.1. The molecular weight excluding hydrogens is 228 g/mol. The van der Waals surface area contributed by atoms with Gasteiger partial charge in [0.1, 0.15) is 12.0 Å². The molecule has 0 spiro atoms. The highest BCUT2D eigenvalue weighted by Gasteiger charge is 2.19. The summed E-state index contributed by atoms with van der Waals surface area (Å²) < 4.78 is 5.57. The van der Waals surface area contributed by atoms with E-state index in [9.17, 15) is 0 Å². The molecule has 0 aliphatic rings. The SMILES string of the molecule is CC(C)Oc1ncnc(N(C)C(C)C(C)C)c1N. The summed E-state index contributed by atoms with van der Waals surface area (Å²) in [6.07, 6.45) is 1.54. The molecule has 5 heteroatoms. The summed E-state index contributed by atoms with van der Waals surface area (Å²) in [6.45, 7) is 10.4. The zero-order chi connectivity index (χ0) is 13.9. The van der Waals surface area contributed by atoms with E-state index in [0.29, 0.717) is 23.5 Å². The minimum Gasteiger partial charge on any atom is -0.473 e. The van der Waals surface area contributed by atoms with Gasteiger partial charge in [-0.25, -0.2) is 4.98 Å². The summed E-state index contributed by atoms with van der Waals surface area (Å²) in [5, 5.41) is 0. The molecule has 1 rings (SSSR count). The normalized spacial score (nSPS) is 12.9. The monoisotopic (exact) mass is 252 g/mol. The van der Waals surface area contributed by atoms with Gasteiger partial charge in [-0.2, -0.15) is 4.98 Å². The largest absolute Gasteiger partial charge is 0.473 e. The third-order valence-corrected chi connectivity index (χ3v) is 3.08. The van der Waals surface area contributed by atoms with Crippen molar-refractivity contribution in [2.75, 3.05) is 17.7 Å². The first-order valence-corrected chi connectivity index (χ1v) is 6.34. The van der Waals surface area contributed by atoms with Crippen LogP contribution in [0.3, 0.4) is 0 Å². The van der Waals surface area contributed by atoms with Crippen molar-refractivity contribution in [1.29, 1.82) is 0 Å². The zero-order valence-corrected chi connectivity index (χ0v) is 12.1. The number of hydrogen-bond donors (Lipinski definition) is 1. The van der Waals surface area contributed by atoms with Gasteiger partial charge in [-0.15, -0.1) is 0 Å². The van der Waals surface area contributed by atoms with Crippen LogP contribution in [-0.2, 0) is 0 Å². The minimum absolute atomic E-state index is 0.0443. The summed E-state index contributed by atoms with van der Waals surface area (Å²) in [5.41, 5.74) is 6.58. The van der Waals surface area contributed by atoms with Gasteiger partial charge in [0.2, 0.25) is 5.88 Å². The maximum Gasteiger partial charge on any atom is 0.242 e. The number of hydrogen-bond acceptors (Lipinski definition) is 5. The average molecular weight is 252 g/mol. The van der Waals surface area contributed by atoms with Gasteiger partial charge >= 0.3 is 0 Å². The molecule has 0 amide bonds.